The minimum absolute atomic E-state index is 0.0504. The van der Waals surface area contributed by atoms with Crippen LogP contribution in [-0.2, 0) is 9.59 Å². The molecule has 1 aliphatic heterocycles. The number of rotatable bonds is 5. The molecule has 1 saturated heterocycles. The van der Waals surface area contributed by atoms with Gasteiger partial charge in [-0.25, -0.2) is 0 Å². The van der Waals surface area contributed by atoms with E-state index in [1.807, 2.05) is 31.2 Å². The highest BCUT2D eigenvalue weighted by Gasteiger charge is 2.28. The smallest absolute Gasteiger partial charge is 0.306 e. The van der Waals surface area contributed by atoms with E-state index in [-0.39, 0.29) is 18.4 Å². The first-order valence-electron chi connectivity index (χ1n) is 9.63. The van der Waals surface area contributed by atoms with Crippen LogP contribution in [0.1, 0.15) is 28.8 Å². The van der Waals surface area contributed by atoms with Gasteiger partial charge in [0.25, 0.3) is 5.91 Å². The molecule has 2 amide bonds. The van der Waals surface area contributed by atoms with Gasteiger partial charge in [0.2, 0.25) is 5.91 Å². The lowest BCUT2D eigenvalue weighted by atomic mass is 9.97. The third-order valence-corrected chi connectivity index (χ3v) is 5.25. The lowest BCUT2D eigenvalue weighted by molar-refractivity contribution is -0.145. The summed E-state index contributed by atoms with van der Waals surface area (Å²) in [5.41, 5.74) is 3.36. The highest BCUT2D eigenvalue weighted by molar-refractivity contribution is 5.97. The summed E-state index contributed by atoms with van der Waals surface area (Å²) in [6.07, 6.45) is 4.10. The average Bonchev–Trinajstić information content (AvgIpc) is 2.73. The van der Waals surface area contributed by atoms with Gasteiger partial charge < -0.3 is 14.9 Å². The van der Waals surface area contributed by atoms with Crippen molar-refractivity contribution in [3.05, 3.63) is 53.9 Å². The Morgan fingerprint density at radius 2 is 1.86 bits per heavy atom. The van der Waals surface area contributed by atoms with E-state index in [0.29, 0.717) is 31.5 Å². The van der Waals surface area contributed by atoms with E-state index in [2.05, 4.69) is 4.98 Å². The highest BCUT2D eigenvalue weighted by atomic mass is 16.4. The van der Waals surface area contributed by atoms with Crippen molar-refractivity contribution in [2.75, 3.05) is 26.7 Å². The normalized spacial score (nSPS) is 14.5. The van der Waals surface area contributed by atoms with Crippen molar-refractivity contribution in [3.8, 4) is 11.1 Å². The van der Waals surface area contributed by atoms with Crippen molar-refractivity contribution in [2.45, 2.75) is 19.8 Å². The molecule has 7 heteroatoms. The monoisotopic (exact) mass is 395 g/mol. The second kappa shape index (κ2) is 8.86. The summed E-state index contributed by atoms with van der Waals surface area (Å²) in [5.74, 6) is -1.66. The number of piperidine rings is 1. The number of likely N-dealkylation sites (tertiary alicyclic amines) is 1. The van der Waals surface area contributed by atoms with Gasteiger partial charge in [0.05, 0.1) is 18.0 Å². The lowest BCUT2D eigenvalue weighted by Gasteiger charge is -2.31. The van der Waals surface area contributed by atoms with E-state index < -0.39 is 11.9 Å². The predicted molar refractivity (Wildman–Crippen MR) is 108 cm³/mol. The molecule has 1 N–H and O–H groups in total. The third kappa shape index (κ3) is 4.99. The molecular weight excluding hydrogens is 370 g/mol. The van der Waals surface area contributed by atoms with Crippen molar-refractivity contribution in [1.29, 1.82) is 0 Å². The number of pyridine rings is 1. The number of carboxylic acids is 1. The number of carbonyl (C=O) groups is 3. The predicted octanol–water partition coefficient (Wildman–Crippen LogP) is 2.45. The molecule has 0 radical (unpaired) electrons. The molecule has 1 aromatic heterocycles. The highest BCUT2D eigenvalue weighted by Crippen LogP contribution is 2.21. The van der Waals surface area contributed by atoms with Crippen LogP contribution in [0, 0.1) is 12.8 Å². The molecule has 0 unspecified atom stereocenters. The van der Waals surface area contributed by atoms with Gasteiger partial charge in [0, 0.05) is 38.1 Å². The maximum atomic E-state index is 12.8. The zero-order valence-electron chi connectivity index (χ0n) is 16.7. The summed E-state index contributed by atoms with van der Waals surface area (Å²) in [6.45, 7) is 2.76. The fourth-order valence-corrected chi connectivity index (χ4v) is 3.51. The third-order valence-electron chi connectivity index (χ3n) is 5.25. The standard InChI is InChI=1S/C22H25N3O4/c1-15-4-3-5-17(10-15)18-11-19(13-23-12-18)21(27)24(2)14-20(26)25-8-6-16(7-9-25)22(28)29/h3-5,10-13,16H,6-9,14H2,1-2H3,(H,28,29). The first-order chi connectivity index (χ1) is 13.8. The molecule has 1 aliphatic rings. The maximum Gasteiger partial charge on any atom is 0.306 e. The fourth-order valence-electron chi connectivity index (χ4n) is 3.51. The molecule has 2 heterocycles. The lowest BCUT2D eigenvalue weighted by Crippen LogP contribution is -2.45. The van der Waals surface area contributed by atoms with Crippen LogP contribution in [0.15, 0.2) is 42.7 Å². The second-order valence-electron chi connectivity index (χ2n) is 7.49. The molecule has 3 rings (SSSR count). The van der Waals surface area contributed by atoms with E-state index in [1.54, 1.807) is 24.2 Å². The molecule has 0 spiro atoms. The van der Waals surface area contributed by atoms with Gasteiger partial charge in [-0.1, -0.05) is 29.8 Å². The van der Waals surface area contributed by atoms with Gasteiger partial charge in [-0.05, 0) is 31.4 Å². The Labute approximate surface area is 170 Å². The van der Waals surface area contributed by atoms with Crippen molar-refractivity contribution in [1.82, 2.24) is 14.8 Å². The van der Waals surface area contributed by atoms with Crippen LogP contribution in [0.2, 0.25) is 0 Å². The van der Waals surface area contributed by atoms with Gasteiger partial charge in [0.1, 0.15) is 0 Å². The van der Waals surface area contributed by atoms with E-state index >= 15 is 0 Å². The van der Waals surface area contributed by atoms with Crippen molar-refractivity contribution in [2.24, 2.45) is 5.92 Å². The number of benzene rings is 1. The number of nitrogens with zero attached hydrogens (tertiary/aromatic N) is 3. The summed E-state index contributed by atoms with van der Waals surface area (Å²) in [4.78, 5) is 43.5. The molecule has 152 valence electrons. The van der Waals surface area contributed by atoms with Crippen LogP contribution in [-0.4, -0.2) is 64.4 Å². The van der Waals surface area contributed by atoms with Crippen LogP contribution >= 0.6 is 0 Å². The number of aliphatic carboxylic acids is 1. The zero-order valence-corrected chi connectivity index (χ0v) is 16.7. The van der Waals surface area contributed by atoms with Gasteiger partial charge in [0.15, 0.2) is 0 Å². The summed E-state index contributed by atoms with van der Waals surface area (Å²) in [6, 6.07) is 9.73. The van der Waals surface area contributed by atoms with E-state index in [1.165, 1.54) is 11.1 Å². The number of aryl methyl sites for hydroxylation is 1. The number of carbonyl (C=O) groups excluding carboxylic acids is 2. The summed E-state index contributed by atoms with van der Waals surface area (Å²) in [7, 11) is 1.59. The molecule has 29 heavy (non-hydrogen) atoms. The van der Waals surface area contributed by atoms with Gasteiger partial charge in [-0.2, -0.15) is 0 Å². The number of carboxylic acid groups (broad SMARTS) is 1. The molecule has 0 atom stereocenters. The number of aromatic nitrogens is 1. The van der Waals surface area contributed by atoms with E-state index in [9.17, 15) is 14.4 Å². The Balaban J connectivity index is 1.64. The Kier molecular flexibility index (Phi) is 6.26. The van der Waals surface area contributed by atoms with E-state index in [4.69, 9.17) is 5.11 Å². The van der Waals surface area contributed by atoms with Crippen LogP contribution in [0.4, 0.5) is 0 Å². The van der Waals surface area contributed by atoms with Crippen LogP contribution in [0.5, 0.6) is 0 Å². The average molecular weight is 395 g/mol. The Hall–Kier alpha value is -3.22. The fraction of sp³-hybridized carbons (Fsp3) is 0.364. The first-order valence-corrected chi connectivity index (χ1v) is 9.63. The Morgan fingerprint density at radius 1 is 1.14 bits per heavy atom. The molecule has 1 aromatic carbocycles. The van der Waals surface area contributed by atoms with Crippen LogP contribution < -0.4 is 0 Å². The molecular formula is C22H25N3O4. The van der Waals surface area contributed by atoms with Crippen molar-refractivity contribution in [3.63, 3.8) is 0 Å². The van der Waals surface area contributed by atoms with Crippen LogP contribution in [0.3, 0.4) is 0 Å². The number of amides is 2. The topological polar surface area (TPSA) is 90.8 Å². The molecule has 7 nitrogen and oxygen atoms in total. The van der Waals surface area contributed by atoms with Gasteiger partial charge in [-0.15, -0.1) is 0 Å². The number of hydrogen-bond acceptors (Lipinski definition) is 4. The Morgan fingerprint density at radius 3 is 2.52 bits per heavy atom. The summed E-state index contributed by atoms with van der Waals surface area (Å²) in [5, 5.41) is 9.06. The quantitative estimate of drug-likeness (QED) is 0.840. The minimum Gasteiger partial charge on any atom is -0.481 e. The Bertz CT molecular complexity index is 920. The number of likely N-dealkylation sites (N-methyl/N-ethyl adjacent to an activating group) is 1. The van der Waals surface area contributed by atoms with E-state index in [0.717, 1.165) is 16.7 Å². The molecule has 0 saturated carbocycles. The maximum absolute atomic E-state index is 12.8. The molecule has 2 aromatic rings. The summed E-state index contributed by atoms with van der Waals surface area (Å²) < 4.78 is 0. The number of hydrogen-bond donors (Lipinski definition) is 1. The van der Waals surface area contributed by atoms with Gasteiger partial charge in [-0.3, -0.25) is 19.4 Å². The van der Waals surface area contributed by atoms with Crippen molar-refractivity contribution >= 4 is 17.8 Å². The van der Waals surface area contributed by atoms with Crippen LogP contribution in [0.25, 0.3) is 11.1 Å². The minimum atomic E-state index is -0.814. The van der Waals surface area contributed by atoms with Gasteiger partial charge >= 0.3 is 5.97 Å². The largest absolute Gasteiger partial charge is 0.481 e. The zero-order chi connectivity index (χ0) is 21.0. The van der Waals surface area contributed by atoms with Crippen molar-refractivity contribution < 1.29 is 19.5 Å². The second-order valence-corrected chi connectivity index (χ2v) is 7.49. The first kappa shape index (κ1) is 20.5. The molecule has 0 bridgehead atoms. The molecule has 1 fully saturated rings. The summed E-state index contributed by atoms with van der Waals surface area (Å²) >= 11 is 0. The SMILES string of the molecule is Cc1cccc(-c2cncc(C(=O)N(C)CC(=O)N3CCC(C(=O)O)CC3)c2)c1. The molecule has 0 aliphatic carbocycles.